The summed E-state index contributed by atoms with van der Waals surface area (Å²) in [5.41, 5.74) is 12.7. The predicted molar refractivity (Wildman–Crippen MR) is 77.7 cm³/mol. The van der Waals surface area contributed by atoms with Crippen LogP contribution in [0.25, 0.3) is 5.57 Å². The van der Waals surface area contributed by atoms with Crippen molar-refractivity contribution in [3.63, 3.8) is 0 Å². The number of carbonyl (C=O) groups excluding carboxylic acids is 1. The van der Waals surface area contributed by atoms with Gasteiger partial charge in [-0.1, -0.05) is 12.1 Å². The highest BCUT2D eigenvalue weighted by atomic mass is 16.6. The highest BCUT2D eigenvalue weighted by Crippen LogP contribution is 2.14. The van der Waals surface area contributed by atoms with Gasteiger partial charge in [-0.25, -0.2) is 4.79 Å². The number of rotatable bonds is 2. The molecule has 0 aliphatic rings. The van der Waals surface area contributed by atoms with Gasteiger partial charge in [-0.3, -0.25) is 0 Å². The summed E-state index contributed by atoms with van der Waals surface area (Å²) in [4.78, 5) is 15.2. The number of nitrogens with zero attached hydrogens (tertiary/aromatic N) is 1. The standard InChI is InChI=1S/C14H19N3O2/c1-14(2,3)19-13(18)17-9-11(8-15)10-4-6-12(16)7-5-10/h4-9H,15-16H2,1-3H3/b11-8+,17-9+. The van der Waals surface area contributed by atoms with Crippen molar-refractivity contribution < 1.29 is 9.53 Å². The Morgan fingerprint density at radius 2 is 1.84 bits per heavy atom. The van der Waals surface area contributed by atoms with Gasteiger partial charge in [0.15, 0.2) is 0 Å². The fraction of sp³-hybridized carbons (Fsp3) is 0.286. The minimum absolute atomic E-state index is 0.567. The first-order chi connectivity index (χ1) is 8.81. The molecule has 102 valence electrons. The molecule has 0 saturated carbocycles. The molecule has 1 aromatic rings. The van der Waals surface area contributed by atoms with Crippen LogP contribution in [0, 0.1) is 0 Å². The molecule has 0 fully saturated rings. The van der Waals surface area contributed by atoms with E-state index in [1.165, 1.54) is 12.4 Å². The number of ether oxygens (including phenoxy) is 1. The van der Waals surface area contributed by atoms with E-state index in [4.69, 9.17) is 16.2 Å². The largest absolute Gasteiger partial charge is 0.442 e. The van der Waals surface area contributed by atoms with E-state index in [1.807, 2.05) is 0 Å². The summed E-state index contributed by atoms with van der Waals surface area (Å²) in [5.74, 6) is 0. The molecule has 4 N–H and O–H groups in total. The molecule has 5 nitrogen and oxygen atoms in total. The minimum atomic E-state index is -0.651. The first kappa shape index (κ1) is 14.8. The third kappa shape index (κ3) is 5.25. The summed E-state index contributed by atoms with van der Waals surface area (Å²) in [6, 6.07) is 7.10. The second-order valence-corrected chi connectivity index (χ2v) is 4.98. The van der Waals surface area contributed by atoms with Gasteiger partial charge >= 0.3 is 6.09 Å². The summed E-state index contributed by atoms with van der Waals surface area (Å²) >= 11 is 0. The van der Waals surface area contributed by atoms with Crippen LogP contribution in [0.3, 0.4) is 0 Å². The van der Waals surface area contributed by atoms with Gasteiger partial charge in [0.25, 0.3) is 0 Å². The fourth-order valence-corrected chi connectivity index (χ4v) is 1.30. The summed E-state index contributed by atoms with van der Waals surface area (Å²) in [6.07, 6.45) is 2.10. The molecule has 0 radical (unpaired) electrons. The number of aliphatic imine (C=N–C) groups is 1. The van der Waals surface area contributed by atoms with Crippen LogP contribution in [0.1, 0.15) is 26.3 Å². The Morgan fingerprint density at radius 3 is 2.32 bits per heavy atom. The summed E-state index contributed by atoms with van der Waals surface area (Å²) < 4.78 is 5.06. The first-order valence-corrected chi connectivity index (χ1v) is 5.86. The van der Waals surface area contributed by atoms with Gasteiger partial charge in [-0.15, -0.1) is 0 Å². The van der Waals surface area contributed by atoms with Crippen LogP contribution in [0.5, 0.6) is 0 Å². The molecule has 1 rings (SSSR count). The smallest absolute Gasteiger partial charge is 0.434 e. The van der Waals surface area contributed by atoms with Crippen molar-refractivity contribution in [2.24, 2.45) is 10.7 Å². The van der Waals surface area contributed by atoms with Gasteiger partial charge in [0.1, 0.15) is 5.60 Å². The number of carbonyl (C=O) groups is 1. The van der Waals surface area contributed by atoms with Gasteiger partial charge in [0.2, 0.25) is 0 Å². The molecule has 0 atom stereocenters. The summed E-state index contributed by atoms with van der Waals surface area (Å²) in [5, 5.41) is 0. The molecule has 0 spiro atoms. The number of hydrogen-bond donors (Lipinski definition) is 2. The normalized spacial score (nSPS) is 12.7. The number of amides is 1. The van der Waals surface area contributed by atoms with Crippen molar-refractivity contribution in [2.45, 2.75) is 26.4 Å². The van der Waals surface area contributed by atoms with E-state index in [9.17, 15) is 4.79 Å². The average molecular weight is 261 g/mol. The zero-order chi connectivity index (χ0) is 14.5. The third-order valence-corrected chi connectivity index (χ3v) is 2.13. The molecule has 0 aliphatic heterocycles. The van der Waals surface area contributed by atoms with Crippen LogP contribution in [-0.2, 0) is 4.74 Å². The zero-order valence-corrected chi connectivity index (χ0v) is 11.4. The zero-order valence-electron chi connectivity index (χ0n) is 11.4. The molecular formula is C14H19N3O2. The van der Waals surface area contributed by atoms with E-state index in [-0.39, 0.29) is 0 Å². The van der Waals surface area contributed by atoms with Crippen LogP contribution >= 0.6 is 0 Å². The first-order valence-electron chi connectivity index (χ1n) is 5.86. The van der Waals surface area contributed by atoms with Crippen LogP contribution in [0.2, 0.25) is 0 Å². The fourth-order valence-electron chi connectivity index (χ4n) is 1.30. The van der Waals surface area contributed by atoms with E-state index >= 15 is 0 Å². The Bertz CT molecular complexity index is 496. The molecule has 0 aromatic heterocycles. The lowest BCUT2D eigenvalue weighted by molar-refractivity contribution is 0.0605. The highest BCUT2D eigenvalue weighted by molar-refractivity contribution is 6.12. The maximum atomic E-state index is 11.5. The molecule has 19 heavy (non-hydrogen) atoms. The topological polar surface area (TPSA) is 90.7 Å². The van der Waals surface area contributed by atoms with E-state index in [2.05, 4.69) is 4.99 Å². The van der Waals surface area contributed by atoms with E-state index in [0.29, 0.717) is 11.3 Å². The molecule has 0 aliphatic carbocycles. The van der Waals surface area contributed by atoms with Gasteiger partial charge in [0, 0.05) is 23.7 Å². The van der Waals surface area contributed by atoms with Gasteiger partial charge in [-0.2, -0.15) is 4.99 Å². The molecule has 1 amide bonds. The van der Waals surface area contributed by atoms with Crippen LogP contribution in [0.15, 0.2) is 35.5 Å². The Morgan fingerprint density at radius 1 is 1.26 bits per heavy atom. The quantitative estimate of drug-likeness (QED) is 0.632. The van der Waals surface area contributed by atoms with Crippen LogP contribution in [-0.4, -0.2) is 17.9 Å². The van der Waals surface area contributed by atoms with E-state index < -0.39 is 11.7 Å². The Kier molecular flexibility index (Phi) is 4.69. The van der Waals surface area contributed by atoms with Crippen molar-refractivity contribution in [3.05, 3.63) is 36.0 Å². The Labute approximate surface area is 113 Å². The minimum Gasteiger partial charge on any atom is -0.442 e. The number of nitrogen functional groups attached to an aromatic ring is 1. The van der Waals surface area contributed by atoms with Crippen LogP contribution in [0.4, 0.5) is 10.5 Å². The average Bonchev–Trinajstić information content (AvgIpc) is 2.29. The second kappa shape index (κ2) is 6.04. The lowest BCUT2D eigenvalue weighted by Crippen LogP contribution is -2.21. The highest BCUT2D eigenvalue weighted by Gasteiger charge is 2.15. The maximum Gasteiger partial charge on any atom is 0.434 e. The number of nitrogens with two attached hydrogens (primary N) is 2. The van der Waals surface area contributed by atoms with E-state index in [0.717, 1.165) is 5.56 Å². The maximum absolute atomic E-state index is 11.5. The number of anilines is 1. The Hall–Kier alpha value is -2.30. The predicted octanol–water partition coefficient (Wildman–Crippen LogP) is 2.57. The lowest BCUT2D eigenvalue weighted by atomic mass is 10.1. The van der Waals surface area contributed by atoms with Crippen molar-refractivity contribution in [3.8, 4) is 0 Å². The van der Waals surface area contributed by atoms with Crippen molar-refractivity contribution in [1.82, 2.24) is 0 Å². The Balaban J connectivity index is 2.78. The number of benzene rings is 1. The SMILES string of the molecule is CC(C)(C)OC(=O)/N=C/C(=C\N)c1ccc(N)cc1. The second-order valence-electron chi connectivity index (χ2n) is 4.98. The number of hydrogen-bond acceptors (Lipinski definition) is 4. The molecule has 0 heterocycles. The van der Waals surface area contributed by atoms with Gasteiger partial charge < -0.3 is 16.2 Å². The van der Waals surface area contributed by atoms with Gasteiger partial charge in [-0.05, 0) is 38.5 Å². The molecule has 0 bridgehead atoms. The molecule has 0 unspecified atom stereocenters. The van der Waals surface area contributed by atoms with Crippen LogP contribution < -0.4 is 11.5 Å². The summed E-state index contributed by atoms with van der Waals surface area (Å²) in [7, 11) is 0. The van der Waals surface area contributed by atoms with Gasteiger partial charge in [0.05, 0.1) is 0 Å². The number of allylic oxidation sites excluding steroid dienone is 1. The molecular weight excluding hydrogens is 242 g/mol. The summed E-state index contributed by atoms with van der Waals surface area (Å²) in [6.45, 7) is 5.33. The molecule has 0 saturated heterocycles. The van der Waals surface area contributed by atoms with E-state index in [1.54, 1.807) is 45.0 Å². The van der Waals surface area contributed by atoms with Crippen molar-refractivity contribution >= 4 is 23.6 Å². The van der Waals surface area contributed by atoms with Crippen molar-refractivity contribution in [1.29, 1.82) is 0 Å². The molecule has 5 heteroatoms. The monoisotopic (exact) mass is 261 g/mol. The van der Waals surface area contributed by atoms with Crippen molar-refractivity contribution in [2.75, 3.05) is 5.73 Å². The molecule has 1 aromatic carbocycles. The third-order valence-electron chi connectivity index (χ3n) is 2.13. The lowest BCUT2D eigenvalue weighted by Gasteiger charge is -2.17.